The van der Waals surface area contributed by atoms with Crippen LogP contribution < -0.4 is 10.2 Å². The van der Waals surface area contributed by atoms with Crippen molar-refractivity contribution >= 4 is 61.8 Å². The molecule has 1 aliphatic carbocycles. The number of rotatable bonds is 8. The molecule has 1 fully saturated rings. The molecule has 0 atom stereocenters. The van der Waals surface area contributed by atoms with Crippen LogP contribution >= 0.6 is 39.0 Å². The van der Waals surface area contributed by atoms with Crippen molar-refractivity contribution in [3.05, 3.63) is 34.7 Å². The van der Waals surface area contributed by atoms with E-state index in [1.54, 1.807) is 25.3 Å². The van der Waals surface area contributed by atoms with Gasteiger partial charge in [-0.1, -0.05) is 40.1 Å². The summed E-state index contributed by atoms with van der Waals surface area (Å²) in [7, 11) is 0. The Kier molecular flexibility index (Phi) is 8.52. The van der Waals surface area contributed by atoms with Gasteiger partial charge in [0, 0.05) is 11.0 Å². The van der Waals surface area contributed by atoms with Crippen molar-refractivity contribution in [3.8, 4) is 0 Å². The molecule has 0 saturated heterocycles. The Hall–Kier alpha value is -1.65. The molecule has 2 aromatic rings. The quantitative estimate of drug-likeness (QED) is 0.348. The third-order valence-corrected chi connectivity index (χ3v) is 7.27. The standard InChI is InChI=1S/C20H23BrFN3O3S2/c1-2-28-17(26)12-29-18-10-23-19(30-18)24-20(27)25(11-13-5-3-4-6-13)16-8-7-14(21)9-15(16)22/h7-10,13H,2-6,11-12H2,1H3,(H,23,24,27). The highest BCUT2D eigenvalue weighted by Gasteiger charge is 2.26. The van der Waals surface area contributed by atoms with Crippen LogP contribution in [0.3, 0.4) is 0 Å². The van der Waals surface area contributed by atoms with E-state index in [0.717, 1.165) is 29.9 Å². The second-order valence-electron chi connectivity index (χ2n) is 6.87. The first kappa shape index (κ1) is 23.0. The van der Waals surface area contributed by atoms with Gasteiger partial charge in [-0.15, -0.1) is 11.8 Å². The molecule has 0 radical (unpaired) electrons. The molecule has 1 aliphatic rings. The fourth-order valence-corrected chi connectivity index (χ4v) is 5.31. The molecule has 0 aliphatic heterocycles. The van der Waals surface area contributed by atoms with Crippen molar-refractivity contribution in [1.29, 1.82) is 0 Å². The number of aromatic nitrogens is 1. The van der Waals surface area contributed by atoms with Gasteiger partial charge < -0.3 is 4.74 Å². The van der Waals surface area contributed by atoms with E-state index in [-0.39, 0.29) is 17.4 Å². The number of halogens is 2. The van der Waals surface area contributed by atoms with Crippen LogP contribution in [0.4, 0.5) is 20.0 Å². The largest absolute Gasteiger partial charge is 0.465 e. The number of thioether (sulfide) groups is 1. The number of thiazole rings is 1. The summed E-state index contributed by atoms with van der Waals surface area (Å²) in [4.78, 5) is 30.2. The maximum atomic E-state index is 14.6. The first-order valence-electron chi connectivity index (χ1n) is 9.74. The average Bonchev–Trinajstić information content (AvgIpc) is 3.37. The van der Waals surface area contributed by atoms with Gasteiger partial charge in [0.15, 0.2) is 5.13 Å². The lowest BCUT2D eigenvalue weighted by atomic mass is 10.1. The van der Waals surface area contributed by atoms with Gasteiger partial charge in [0.05, 0.1) is 28.5 Å². The minimum atomic E-state index is -0.456. The van der Waals surface area contributed by atoms with Crippen LogP contribution in [0.1, 0.15) is 32.6 Å². The Morgan fingerprint density at radius 3 is 2.87 bits per heavy atom. The highest BCUT2D eigenvalue weighted by atomic mass is 79.9. The van der Waals surface area contributed by atoms with E-state index in [9.17, 15) is 14.0 Å². The lowest BCUT2D eigenvalue weighted by Crippen LogP contribution is -2.38. The van der Waals surface area contributed by atoms with Crippen LogP contribution in [-0.2, 0) is 9.53 Å². The van der Waals surface area contributed by atoms with Gasteiger partial charge in [0.25, 0.3) is 0 Å². The summed E-state index contributed by atoms with van der Waals surface area (Å²) in [6.07, 6.45) is 5.94. The zero-order chi connectivity index (χ0) is 21.5. The molecule has 30 heavy (non-hydrogen) atoms. The summed E-state index contributed by atoms with van der Waals surface area (Å²) in [5.41, 5.74) is 0.246. The Labute approximate surface area is 191 Å². The number of anilines is 2. The van der Waals surface area contributed by atoms with E-state index < -0.39 is 11.8 Å². The lowest BCUT2D eigenvalue weighted by Gasteiger charge is -2.26. The molecule has 1 aromatic carbocycles. The van der Waals surface area contributed by atoms with Crippen molar-refractivity contribution in [2.75, 3.05) is 29.1 Å². The van der Waals surface area contributed by atoms with E-state index in [1.165, 1.54) is 34.1 Å². The molecule has 1 N–H and O–H groups in total. The van der Waals surface area contributed by atoms with Gasteiger partial charge in [-0.05, 0) is 43.9 Å². The first-order chi connectivity index (χ1) is 14.5. The van der Waals surface area contributed by atoms with E-state index in [4.69, 9.17) is 4.74 Å². The zero-order valence-electron chi connectivity index (χ0n) is 16.5. The molecule has 6 nitrogen and oxygen atoms in total. The second kappa shape index (κ2) is 11.1. The number of esters is 1. The topological polar surface area (TPSA) is 71.5 Å². The number of hydrogen-bond donors (Lipinski definition) is 1. The number of ether oxygens (including phenoxy) is 1. The molecule has 2 amide bonds. The SMILES string of the molecule is CCOC(=O)CSc1cnc(NC(=O)N(CC2CCCC2)c2ccc(Br)cc2F)s1. The van der Waals surface area contributed by atoms with Crippen LogP contribution in [0.2, 0.25) is 0 Å². The van der Waals surface area contributed by atoms with Gasteiger partial charge in [0.1, 0.15) is 5.82 Å². The number of benzene rings is 1. The molecule has 0 bridgehead atoms. The smallest absolute Gasteiger partial charge is 0.328 e. The predicted octanol–water partition coefficient (Wildman–Crippen LogP) is 5.93. The van der Waals surface area contributed by atoms with Crippen molar-refractivity contribution in [1.82, 2.24) is 4.98 Å². The number of carbonyl (C=O) groups excluding carboxylic acids is 2. The van der Waals surface area contributed by atoms with Crippen molar-refractivity contribution in [2.24, 2.45) is 5.92 Å². The van der Waals surface area contributed by atoms with Crippen LogP contribution in [0.15, 0.2) is 33.1 Å². The molecule has 1 saturated carbocycles. The van der Waals surface area contributed by atoms with Gasteiger partial charge in [-0.3, -0.25) is 15.0 Å². The summed E-state index contributed by atoms with van der Waals surface area (Å²) >= 11 is 5.83. The molecule has 0 spiro atoms. The highest BCUT2D eigenvalue weighted by molar-refractivity contribution is 9.10. The average molecular weight is 516 g/mol. The third-order valence-electron chi connectivity index (χ3n) is 4.70. The number of hydrogen-bond acceptors (Lipinski definition) is 6. The van der Waals surface area contributed by atoms with Gasteiger partial charge in [-0.25, -0.2) is 14.2 Å². The van der Waals surface area contributed by atoms with E-state index >= 15 is 0 Å². The van der Waals surface area contributed by atoms with E-state index in [2.05, 4.69) is 26.2 Å². The van der Waals surface area contributed by atoms with Gasteiger partial charge in [-0.2, -0.15) is 0 Å². The maximum absolute atomic E-state index is 14.6. The lowest BCUT2D eigenvalue weighted by molar-refractivity contribution is -0.139. The van der Waals surface area contributed by atoms with Crippen LogP contribution in [0.5, 0.6) is 0 Å². The summed E-state index contributed by atoms with van der Waals surface area (Å²) in [6.45, 7) is 2.56. The van der Waals surface area contributed by atoms with Crippen LogP contribution in [0.25, 0.3) is 0 Å². The number of nitrogens with one attached hydrogen (secondary N) is 1. The van der Waals surface area contributed by atoms with Crippen molar-refractivity contribution < 1.29 is 18.7 Å². The molecule has 0 unspecified atom stereocenters. The fourth-order valence-electron chi connectivity index (χ4n) is 3.32. The Balaban J connectivity index is 1.69. The monoisotopic (exact) mass is 515 g/mol. The molecule has 3 rings (SSSR count). The van der Waals surface area contributed by atoms with Crippen LogP contribution in [-0.4, -0.2) is 35.9 Å². The Morgan fingerprint density at radius 2 is 2.17 bits per heavy atom. The molecule has 1 aromatic heterocycles. The molecule has 10 heteroatoms. The second-order valence-corrected chi connectivity index (χ2v) is 10.1. The maximum Gasteiger partial charge on any atom is 0.328 e. The molecular weight excluding hydrogens is 493 g/mol. The predicted molar refractivity (Wildman–Crippen MR) is 122 cm³/mol. The summed E-state index contributed by atoms with van der Waals surface area (Å²) in [6, 6.07) is 4.27. The van der Waals surface area contributed by atoms with E-state index in [0.29, 0.717) is 28.7 Å². The summed E-state index contributed by atoms with van der Waals surface area (Å²) < 4.78 is 20.9. The third kappa shape index (κ3) is 6.42. The van der Waals surface area contributed by atoms with Crippen molar-refractivity contribution in [3.63, 3.8) is 0 Å². The zero-order valence-corrected chi connectivity index (χ0v) is 19.7. The van der Waals surface area contributed by atoms with Crippen LogP contribution in [0, 0.1) is 11.7 Å². The Bertz CT molecular complexity index is 890. The number of amides is 2. The van der Waals surface area contributed by atoms with Gasteiger partial charge >= 0.3 is 12.0 Å². The van der Waals surface area contributed by atoms with Crippen molar-refractivity contribution in [2.45, 2.75) is 36.8 Å². The normalized spacial score (nSPS) is 14.0. The number of nitrogens with zero attached hydrogens (tertiary/aromatic N) is 2. The summed E-state index contributed by atoms with van der Waals surface area (Å²) in [5.74, 6) is -0.218. The van der Waals surface area contributed by atoms with Gasteiger partial charge in [0.2, 0.25) is 0 Å². The van der Waals surface area contributed by atoms with E-state index in [1.807, 2.05) is 0 Å². The first-order valence-corrected chi connectivity index (χ1v) is 12.3. The number of carbonyl (C=O) groups is 2. The summed E-state index contributed by atoms with van der Waals surface area (Å²) in [5, 5.41) is 3.18. The minimum Gasteiger partial charge on any atom is -0.465 e. The molecular formula is C20H23BrFN3O3S2. The molecule has 1 heterocycles. The fraction of sp³-hybridized carbons (Fsp3) is 0.450. The molecule has 162 valence electrons. The Morgan fingerprint density at radius 1 is 1.40 bits per heavy atom. The highest BCUT2D eigenvalue weighted by Crippen LogP contribution is 2.32. The number of urea groups is 1. The minimum absolute atomic E-state index is 0.182.